The molecule has 3 aromatic rings. The lowest BCUT2D eigenvalue weighted by Crippen LogP contribution is -2.27. The maximum atomic E-state index is 12.9. The number of carboxylic acid groups (broad SMARTS) is 1. The highest BCUT2D eigenvalue weighted by Crippen LogP contribution is 2.24. The third-order valence-electron chi connectivity index (χ3n) is 5.73. The van der Waals surface area contributed by atoms with Crippen LogP contribution in [0.25, 0.3) is 5.69 Å². The Kier molecular flexibility index (Phi) is 8.81. The zero-order valence-corrected chi connectivity index (χ0v) is 19.4. The lowest BCUT2D eigenvalue weighted by Gasteiger charge is -2.17. The number of aromatic nitrogens is 2. The number of unbranched alkanes of at least 4 members (excludes halogenated alkanes) is 5. The van der Waals surface area contributed by atoms with Crippen LogP contribution >= 0.6 is 0 Å². The number of nitrogens with zero attached hydrogens (tertiary/aromatic N) is 2. The van der Waals surface area contributed by atoms with Gasteiger partial charge in [0.25, 0.3) is 0 Å². The van der Waals surface area contributed by atoms with Gasteiger partial charge in [0.05, 0.1) is 6.33 Å². The van der Waals surface area contributed by atoms with Gasteiger partial charge in [-0.2, -0.15) is 0 Å². The van der Waals surface area contributed by atoms with Gasteiger partial charge in [-0.15, -0.1) is 0 Å². The Morgan fingerprint density at radius 1 is 1.00 bits per heavy atom. The van der Waals surface area contributed by atoms with E-state index in [1.807, 2.05) is 29.8 Å². The van der Waals surface area contributed by atoms with Crippen molar-refractivity contribution in [3.8, 4) is 11.4 Å². The second-order valence-electron chi connectivity index (χ2n) is 8.33. The third kappa shape index (κ3) is 6.78. The first-order valence-corrected chi connectivity index (χ1v) is 11.6. The van der Waals surface area contributed by atoms with Crippen LogP contribution < -0.4 is 4.74 Å². The number of hydrogen-bond donors (Lipinski definition) is 1. The fourth-order valence-corrected chi connectivity index (χ4v) is 3.78. The number of ketones is 1. The lowest BCUT2D eigenvalue weighted by molar-refractivity contribution is -0.145. The number of aliphatic carboxylic acids is 1. The molecule has 33 heavy (non-hydrogen) atoms. The van der Waals surface area contributed by atoms with Crippen LogP contribution in [0.4, 0.5) is 0 Å². The van der Waals surface area contributed by atoms with Gasteiger partial charge < -0.3 is 14.4 Å². The van der Waals surface area contributed by atoms with E-state index in [0.29, 0.717) is 23.3 Å². The fraction of sp³-hybridized carbons (Fsp3) is 0.370. The van der Waals surface area contributed by atoms with Crippen molar-refractivity contribution in [1.29, 1.82) is 0 Å². The van der Waals surface area contributed by atoms with Crippen LogP contribution in [0.15, 0.2) is 61.2 Å². The van der Waals surface area contributed by atoms with Crippen LogP contribution in [0.5, 0.6) is 5.75 Å². The summed E-state index contributed by atoms with van der Waals surface area (Å²) in [5.74, 6) is -0.551. The summed E-state index contributed by atoms with van der Waals surface area (Å²) < 4.78 is 7.68. The lowest BCUT2D eigenvalue weighted by atomic mass is 10.0. The standard InChI is InChI=1S/C27H32N2O4/c1-3-4-5-6-7-8-9-25(27(31)32)33-24-15-12-22(18-20(24)2)26(30)21-10-13-23(14-11-21)29-17-16-28-19-29/h10-19,25H,3-9H2,1-2H3,(H,31,32). The average molecular weight is 449 g/mol. The largest absolute Gasteiger partial charge is 0.479 e. The zero-order valence-electron chi connectivity index (χ0n) is 19.4. The minimum absolute atomic E-state index is 0.0938. The highest BCUT2D eigenvalue weighted by molar-refractivity contribution is 6.09. The topological polar surface area (TPSA) is 81.4 Å². The summed E-state index contributed by atoms with van der Waals surface area (Å²) in [5, 5.41) is 9.56. The molecule has 6 heteroatoms. The van der Waals surface area contributed by atoms with Gasteiger partial charge in [0.1, 0.15) is 5.75 Å². The summed E-state index contributed by atoms with van der Waals surface area (Å²) in [6.45, 7) is 4.01. The summed E-state index contributed by atoms with van der Waals surface area (Å²) in [5.41, 5.74) is 2.79. The summed E-state index contributed by atoms with van der Waals surface area (Å²) >= 11 is 0. The van der Waals surface area contributed by atoms with E-state index >= 15 is 0 Å². The van der Waals surface area contributed by atoms with E-state index in [-0.39, 0.29) is 5.78 Å². The molecule has 0 aliphatic carbocycles. The minimum atomic E-state index is -0.957. The molecule has 1 aromatic heterocycles. The normalized spacial score (nSPS) is 11.8. The first-order chi connectivity index (χ1) is 16.0. The molecular formula is C27H32N2O4. The van der Waals surface area contributed by atoms with Crippen molar-refractivity contribution < 1.29 is 19.4 Å². The van der Waals surface area contributed by atoms with Gasteiger partial charge in [0, 0.05) is 29.2 Å². The maximum Gasteiger partial charge on any atom is 0.344 e. The molecule has 2 aromatic carbocycles. The number of hydrogen-bond acceptors (Lipinski definition) is 4. The fourth-order valence-electron chi connectivity index (χ4n) is 3.78. The summed E-state index contributed by atoms with van der Waals surface area (Å²) in [4.78, 5) is 28.6. The van der Waals surface area contributed by atoms with Crippen molar-refractivity contribution in [3.05, 3.63) is 77.9 Å². The molecule has 0 saturated carbocycles. The van der Waals surface area contributed by atoms with Gasteiger partial charge in [-0.25, -0.2) is 9.78 Å². The highest BCUT2D eigenvalue weighted by Gasteiger charge is 2.20. The number of carbonyl (C=O) groups is 2. The predicted molar refractivity (Wildman–Crippen MR) is 128 cm³/mol. The molecule has 0 aliphatic heterocycles. The SMILES string of the molecule is CCCCCCCCC(Oc1ccc(C(=O)c2ccc(-n3ccnc3)cc2)cc1C)C(=O)O. The van der Waals surface area contributed by atoms with Crippen LogP contribution in [-0.4, -0.2) is 32.5 Å². The quantitative estimate of drug-likeness (QED) is 0.256. The van der Waals surface area contributed by atoms with E-state index in [2.05, 4.69) is 11.9 Å². The number of benzene rings is 2. The van der Waals surface area contributed by atoms with Crippen LogP contribution in [0.3, 0.4) is 0 Å². The molecule has 0 radical (unpaired) electrons. The van der Waals surface area contributed by atoms with Crippen molar-refractivity contribution in [2.45, 2.75) is 64.9 Å². The molecule has 0 saturated heterocycles. The molecule has 3 rings (SSSR count). The molecule has 174 valence electrons. The molecule has 0 amide bonds. The molecule has 1 heterocycles. The zero-order chi connectivity index (χ0) is 23.6. The van der Waals surface area contributed by atoms with Crippen molar-refractivity contribution >= 4 is 11.8 Å². The second-order valence-corrected chi connectivity index (χ2v) is 8.33. The van der Waals surface area contributed by atoms with Gasteiger partial charge in [-0.05, 0) is 67.8 Å². The highest BCUT2D eigenvalue weighted by atomic mass is 16.5. The van der Waals surface area contributed by atoms with Gasteiger partial charge in [0.2, 0.25) is 0 Å². The van der Waals surface area contributed by atoms with Crippen molar-refractivity contribution in [1.82, 2.24) is 9.55 Å². The van der Waals surface area contributed by atoms with E-state index in [4.69, 9.17) is 4.74 Å². The second kappa shape index (κ2) is 12.0. The maximum absolute atomic E-state index is 12.9. The van der Waals surface area contributed by atoms with Crippen molar-refractivity contribution in [2.24, 2.45) is 0 Å². The molecular weight excluding hydrogens is 416 g/mol. The number of carboxylic acids is 1. The first kappa shape index (κ1) is 24.2. The van der Waals surface area contributed by atoms with Crippen LogP contribution in [0.2, 0.25) is 0 Å². The molecule has 0 aliphatic rings. The summed E-state index contributed by atoms with van der Waals surface area (Å²) in [6, 6.07) is 12.5. The smallest absolute Gasteiger partial charge is 0.344 e. The van der Waals surface area contributed by atoms with Gasteiger partial charge in [-0.1, -0.05) is 39.0 Å². The average Bonchev–Trinajstić information content (AvgIpc) is 3.36. The number of rotatable bonds is 13. The van der Waals surface area contributed by atoms with Gasteiger partial charge >= 0.3 is 5.97 Å². The number of ether oxygens (including phenoxy) is 1. The predicted octanol–water partition coefficient (Wildman–Crippen LogP) is 5.99. The molecule has 0 bridgehead atoms. The van der Waals surface area contributed by atoms with E-state index in [1.165, 1.54) is 19.3 Å². The number of imidazole rings is 1. The molecule has 1 unspecified atom stereocenters. The van der Waals surface area contributed by atoms with E-state index in [9.17, 15) is 14.7 Å². The van der Waals surface area contributed by atoms with Gasteiger partial charge in [-0.3, -0.25) is 4.79 Å². The Morgan fingerprint density at radius 3 is 2.33 bits per heavy atom. The van der Waals surface area contributed by atoms with E-state index in [0.717, 1.165) is 30.5 Å². The van der Waals surface area contributed by atoms with E-state index < -0.39 is 12.1 Å². The Labute approximate surface area is 195 Å². The Balaban J connectivity index is 1.62. The van der Waals surface area contributed by atoms with Gasteiger partial charge in [0.15, 0.2) is 11.9 Å². The Morgan fingerprint density at radius 2 is 1.70 bits per heavy atom. The summed E-state index contributed by atoms with van der Waals surface area (Å²) in [7, 11) is 0. The van der Waals surface area contributed by atoms with Crippen molar-refractivity contribution in [3.63, 3.8) is 0 Å². The Hall–Kier alpha value is -3.41. The molecule has 1 N–H and O–H groups in total. The minimum Gasteiger partial charge on any atom is -0.479 e. The first-order valence-electron chi connectivity index (χ1n) is 11.6. The molecule has 0 fully saturated rings. The monoisotopic (exact) mass is 448 g/mol. The van der Waals surface area contributed by atoms with Crippen LogP contribution in [0, 0.1) is 6.92 Å². The van der Waals surface area contributed by atoms with Crippen LogP contribution in [0.1, 0.15) is 73.4 Å². The van der Waals surface area contributed by atoms with E-state index in [1.54, 1.807) is 42.9 Å². The summed E-state index contributed by atoms with van der Waals surface area (Å²) in [6.07, 6.45) is 11.4. The molecule has 6 nitrogen and oxygen atoms in total. The molecule has 0 spiro atoms. The van der Waals surface area contributed by atoms with Crippen molar-refractivity contribution in [2.75, 3.05) is 0 Å². The number of carbonyl (C=O) groups excluding carboxylic acids is 1. The molecule has 1 atom stereocenters. The third-order valence-corrected chi connectivity index (χ3v) is 5.73. The number of aryl methyl sites for hydroxylation is 1. The Bertz CT molecular complexity index is 1040. The van der Waals surface area contributed by atoms with Crippen LogP contribution in [-0.2, 0) is 4.79 Å².